The highest BCUT2D eigenvalue weighted by Crippen LogP contribution is 1.84. The fraction of sp³-hybridized carbons (Fsp3) is 1.00. The second-order valence-corrected chi connectivity index (χ2v) is 1.56. The molecule has 0 radical (unpaired) electrons. The van der Waals surface area contributed by atoms with Crippen LogP contribution in [0.5, 0.6) is 0 Å². The molecule has 0 saturated heterocycles. The molecule has 0 fully saturated rings. The molecule has 1 nitrogen and oxygen atoms in total. The summed E-state index contributed by atoms with van der Waals surface area (Å²) in [6, 6.07) is 0. The molecule has 0 bridgehead atoms. The molecule has 0 amide bonds. The maximum atomic E-state index is 8.34. The van der Waals surface area contributed by atoms with Gasteiger partial charge < -0.3 is 5.11 Å². The van der Waals surface area contributed by atoms with Gasteiger partial charge in [-0.3, -0.25) is 0 Å². The summed E-state index contributed by atoms with van der Waals surface area (Å²) >= 11 is 0. The molecule has 1 unspecified atom stereocenters. The summed E-state index contributed by atoms with van der Waals surface area (Å²) in [5, 5.41) is 8.34. The molecule has 2 atom stereocenters. The Morgan fingerprint density at radius 1 is 2.00 bits per heavy atom. The standard InChI is InChI=1S/C3H9OP/c1-3(4)2-5/h3-4H,2,5H2,1H3/t3-/m1/s1. The molecular weight excluding hydrogens is 83.0 g/mol. The second-order valence-electron chi connectivity index (χ2n) is 1.08. The van der Waals surface area contributed by atoms with Crippen LogP contribution in [0.15, 0.2) is 0 Å². The van der Waals surface area contributed by atoms with Gasteiger partial charge in [0.05, 0.1) is 6.10 Å². The van der Waals surface area contributed by atoms with Crippen molar-refractivity contribution < 1.29 is 5.11 Å². The number of aliphatic hydroxyl groups excluding tert-OH is 1. The normalized spacial score (nSPS) is 15.0. The van der Waals surface area contributed by atoms with E-state index in [0.29, 0.717) is 0 Å². The molecule has 0 spiro atoms. The van der Waals surface area contributed by atoms with Crippen LogP contribution in [-0.2, 0) is 0 Å². The number of hydrogen-bond donors (Lipinski definition) is 1. The van der Waals surface area contributed by atoms with Crippen LogP contribution in [0.4, 0.5) is 0 Å². The van der Waals surface area contributed by atoms with Gasteiger partial charge in [-0.2, -0.15) is 0 Å². The van der Waals surface area contributed by atoms with E-state index in [1.807, 2.05) is 0 Å². The molecule has 0 aliphatic carbocycles. The molecule has 0 aliphatic rings. The molecule has 5 heavy (non-hydrogen) atoms. The Kier molecular flexibility index (Phi) is 2.82. The third kappa shape index (κ3) is 4.39. The van der Waals surface area contributed by atoms with Gasteiger partial charge in [0.1, 0.15) is 0 Å². The van der Waals surface area contributed by atoms with E-state index in [1.54, 1.807) is 6.92 Å². The third-order valence-electron chi connectivity index (χ3n) is 0.341. The molecule has 2 heteroatoms. The van der Waals surface area contributed by atoms with Crippen LogP contribution in [0.25, 0.3) is 0 Å². The quantitative estimate of drug-likeness (QED) is 0.459. The maximum absolute atomic E-state index is 8.34. The van der Waals surface area contributed by atoms with Crippen LogP contribution in [-0.4, -0.2) is 17.4 Å². The highest BCUT2D eigenvalue weighted by Gasteiger charge is 1.81. The van der Waals surface area contributed by atoms with Crippen LogP contribution in [0.2, 0.25) is 0 Å². The van der Waals surface area contributed by atoms with Crippen molar-refractivity contribution in [2.24, 2.45) is 0 Å². The monoisotopic (exact) mass is 92.0 g/mol. The zero-order chi connectivity index (χ0) is 4.28. The van der Waals surface area contributed by atoms with Crippen LogP contribution in [0.1, 0.15) is 6.92 Å². The first-order chi connectivity index (χ1) is 2.27. The van der Waals surface area contributed by atoms with Crippen molar-refractivity contribution in [3.63, 3.8) is 0 Å². The fourth-order valence-corrected chi connectivity index (χ4v) is 0. The van der Waals surface area contributed by atoms with Crippen LogP contribution in [0.3, 0.4) is 0 Å². The summed E-state index contributed by atoms with van der Waals surface area (Å²) in [4.78, 5) is 0. The molecule has 0 saturated carbocycles. The summed E-state index contributed by atoms with van der Waals surface area (Å²) in [5.41, 5.74) is 0. The van der Waals surface area contributed by atoms with E-state index in [-0.39, 0.29) is 6.10 Å². The fourth-order valence-electron chi connectivity index (χ4n) is 0. The Labute approximate surface area is 34.6 Å². The zero-order valence-corrected chi connectivity index (χ0v) is 4.46. The molecule has 1 N–H and O–H groups in total. The minimum atomic E-state index is -0.153. The Morgan fingerprint density at radius 3 is 2.20 bits per heavy atom. The van der Waals surface area contributed by atoms with Crippen molar-refractivity contribution >= 4 is 9.24 Å². The first-order valence-corrected chi connectivity index (χ1v) is 2.47. The molecule has 0 aromatic heterocycles. The zero-order valence-electron chi connectivity index (χ0n) is 3.31. The van der Waals surface area contributed by atoms with Crippen molar-refractivity contribution in [2.45, 2.75) is 13.0 Å². The number of hydrogen-bond acceptors (Lipinski definition) is 1. The van der Waals surface area contributed by atoms with Crippen molar-refractivity contribution in [2.75, 3.05) is 6.16 Å². The Bertz CT molecular complexity index is 20.9. The Balaban J connectivity index is 2.54. The summed E-state index contributed by atoms with van der Waals surface area (Å²) in [6.07, 6.45) is 0.625. The molecule has 0 rings (SSSR count). The smallest absolute Gasteiger partial charge is 0.0546 e. The first kappa shape index (κ1) is 5.39. The van der Waals surface area contributed by atoms with Gasteiger partial charge in [-0.05, 0) is 13.1 Å². The summed E-state index contributed by atoms with van der Waals surface area (Å²) in [7, 11) is 2.44. The molecule has 0 aliphatic heterocycles. The van der Waals surface area contributed by atoms with E-state index in [0.717, 1.165) is 6.16 Å². The highest BCUT2D eigenvalue weighted by molar-refractivity contribution is 7.16. The van der Waals surface area contributed by atoms with Crippen molar-refractivity contribution in [1.29, 1.82) is 0 Å². The summed E-state index contributed by atoms with van der Waals surface area (Å²) < 4.78 is 0. The van der Waals surface area contributed by atoms with E-state index < -0.39 is 0 Å². The van der Waals surface area contributed by atoms with Gasteiger partial charge in [-0.15, -0.1) is 9.24 Å². The van der Waals surface area contributed by atoms with Gasteiger partial charge >= 0.3 is 0 Å². The molecule has 0 heterocycles. The van der Waals surface area contributed by atoms with Crippen LogP contribution < -0.4 is 0 Å². The predicted octanol–water partition coefficient (Wildman–Crippen LogP) is 0.242. The van der Waals surface area contributed by atoms with Crippen LogP contribution >= 0.6 is 9.24 Å². The van der Waals surface area contributed by atoms with Crippen molar-refractivity contribution in [3.05, 3.63) is 0 Å². The maximum Gasteiger partial charge on any atom is 0.0546 e. The topological polar surface area (TPSA) is 20.2 Å². The molecular formula is C3H9OP. The van der Waals surface area contributed by atoms with Crippen LogP contribution in [0, 0.1) is 0 Å². The average molecular weight is 92.1 g/mol. The minimum Gasteiger partial charge on any atom is -0.393 e. The number of aliphatic hydroxyl groups is 1. The minimum absolute atomic E-state index is 0.153. The van der Waals surface area contributed by atoms with Crippen molar-refractivity contribution in [3.8, 4) is 0 Å². The molecule has 32 valence electrons. The highest BCUT2D eigenvalue weighted by atomic mass is 31.0. The number of rotatable bonds is 1. The van der Waals surface area contributed by atoms with Crippen molar-refractivity contribution in [1.82, 2.24) is 0 Å². The Morgan fingerprint density at radius 2 is 2.20 bits per heavy atom. The van der Waals surface area contributed by atoms with E-state index >= 15 is 0 Å². The molecule has 0 aromatic rings. The van der Waals surface area contributed by atoms with E-state index in [9.17, 15) is 0 Å². The van der Waals surface area contributed by atoms with E-state index in [1.165, 1.54) is 0 Å². The second kappa shape index (κ2) is 2.62. The lowest BCUT2D eigenvalue weighted by atomic mass is 10.5. The lowest BCUT2D eigenvalue weighted by molar-refractivity contribution is 0.220. The predicted molar refractivity (Wildman–Crippen MR) is 26.3 cm³/mol. The van der Waals surface area contributed by atoms with Gasteiger partial charge in [0.15, 0.2) is 0 Å². The van der Waals surface area contributed by atoms with E-state index in [2.05, 4.69) is 9.24 Å². The lowest BCUT2D eigenvalue weighted by Gasteiger charge is -1.90. The Hall–Kier alpha value is 0.390. The largest absolute Gasteiger partial charge is 0.393 e. The van der Waals surface area contributed by atoms with Gasteiger partial charge in [0.25, 0.3) is 0 Å². The van der Waals surface area contributed by atoms with Gasteiger partial charge in [-0.1, -0.05) is 0 Å². The van der Waals surface area contributed by atoms with Gasteiger partial charge in [-0.25, -0.2) is 0 Å². The SMILES string of the molecule is C[C@@H](O)CP. The first-order valence-electron chi connectivity index (χ1n) is 1.65. The molecule has 0 aromatic carbocycles. The van der Waals surface area contributed by atoms with E-state index in [4.69, 9.17) is 5.11 Å². The van der Waals surface area contributed by atoms with Gasteiger partial charge in [0, 0.05) is 0 Å². The average Bonchev–Trinajstić information content (AvgIpc) is 1.38. The lowest BCUT2D eigenvalue weighted by Crippen LogP contribution is -1.97. The summed E-state index contributed by atoms with van der Waals surface area (Å²) in [6.45, 7) is 1.76. The third-order valence-corrected chi connectivity index (χ3v) is 1.02. The summed E-state index contributed by atoms with van der Waals surface area (Å²) in [5.74, 6) is 0. The van der Waals surface area contributed by atoms with Gasteiger partial charge in [0.2, 0.25) is 0 Å².